The van der Waals surface area contributed by atoms with E-state index in [1.54, 1.807) is 18.3 Å². The van der Waals surface area contributed by atoms with E-state index in [1.165, 1.54) is 0 Å². The number of aromatic nitrogens is 1. The SMILES string of the molecule is CC(C)(C)OC(=O)N1CCC[C@H](CCCOc2cc(C#N)ccn2)C1. The lowest BCUT2D eigenvalue weighted by Gasteiger charge is -2.34. The monoisotopic (exact) mass is 345 g/mol. The van der Waals surface area contributed by atoms with E-state index >= 15 is 0 Å². The van der Waals surface area contributed by atoms with Crippen LogP contribution in [-0.2, 0) is 4.74 Å². The van der Waals surface area contributed by atoms with Gasteiger partial charge in [0.05, 0.1) is 18.2 Å². The van der Waals surface area contributed by atoms with E-state index in [4.69, 9.17) is 14.7 Å². The van der Waals surface area contributed by atoms with Crippen LogP contribution in [0.3, 0.4) is 0 Å². The first-order chi connectivity index (χ1) is 11.9. The second kappa shape index (κ2) is 8.70. The topological polar surface area (TPSA) is 75.4 Å². The largest absolute Gasteiger partial charge is 0.478 e. The van der Waals surface area contributed by atoms with E-state index in [2.05, 4.69) is 11.1 Å². The molecule has 0 saturated carbocycles. The van der Waals surface area contributed by atoms with E-state index in [0.29, 0.717) is 24.0 Å². The highest BCUT2D eigenvalue weighted by Gasteiger charge is 2.27. The van der Waals surface area contributed by atoms with Crippen LogP contribution in [0.15, 0.2) is 18.3 Å². The van der Waals surface area contributed by atoms with Gasteiger partial charge in [-0.2, -0.15) is 5.26 Å². The van der Waals surface area contributed by atoms with Crippen molar-refractivity contribution in [1.29, 1.82) is 5.26 Å². The number of carbonyl (C=O) groups is 1. The Balaban J connectivity index is 1.72. The van der Waals surface area contributed by atoms with Crippen molar-refractivity contribution in [1.82, 2.24) is 9.88 Å². The molecule has 0 aromatic carbocycles. The molecule has 6 heteroatoms. The number of hydrogen-bond acceptors (Lipinski definition) is 5. The Morgan fingerprint density at radius 1 is 1.48 bits per heavy atom. The minimum absolute atomic E-state index is 0.217. The van der Waals surface area contributed by atoms with Gasteiger partial charge in [-0.25, -0.2) is 9.78 Å². The third-order valence-corrected chi connectivity index (χ3v) is 4.04. The van der Waals surface area contributed by atoms with Crippen molar-refractivity contribution in [3.63, 3.8) is 0 Å². The molecule has 1 amide bonds. The lowest BCUT2D eigenvalue weighted by Crippen LogP contribution is -2.42. The Kier molecular flexibility index (Phi) is 6.63. The summed E-state index contributed by atoms with van der Waals surface area (Å²) >= 11 is 0. The average Bonchev–Trinajstić information content (AvgIpc) is 2.58. The molecule has 0 aliphatic carbocycles. The lowest BCUT2D eigenvalue weighted by atomic mass is 9.94. The number of hydrogen-bond donors (Lipinski definition) is 0. The first-order valence-electron chi connectivity index (χ1n) is 8.84. The summed E-state index contributed by atoms with van der Waals surface area (Å²) in [6.07, 6.45) is 5.39. The highest BCUT2D eigenvalue weighted by molar-refractivity contribution is 5.68. The van der Waals surface area contributed by atoms with Crippen molar-refractivity contribution in [3.8, 4) is 11.9 Å². The molecule has 0 bridgehead atoms. The predicted molar refractivity (Wildman–Crippen MR) is 94.2 cm³/mol. The summed E-state index contributed by atoms with van der Waals surface area (Å²) in [6.45, 7) is 7.74. The van der Waals surface area contributed by atoms with Crippen molar-refractivity contribution >= 4 is 6.09 Å². The number of nitrogens with zero attached hydrogens (tertiary/aromatic N) is 3. The zero-order valence-corrected chi connectivity index (χ0v) is 15.3. The molecule has 1 aliphatic heterocycles. The van der Waals surface area contributed by atoms with E-state index in [-0.39, 0.29) is 6.09 Å². The number of rotatable bonds is 5. The maximum Gasteiger partial charge on any atom is 0.410 e. The second-order valence-electron chi connectivity index (χ2n) is 7.42. The maximum absolute atomic E-state index is 12.2. The molecule has 136 valence electrons. The van der Waals surface area contributed by atoms with Crippen molar-refractivity contribution in [3.05, 3.63) is 23.9 Å². The summed E-state index contributed by atoms with van der Waals surface area (Å²) in [6, 6.07) is 5.37. The quantitative estimate of drug-likeness (QED) is 0.760. The number of ether oxygens (including phenoxy) is 2. The molecule has 0 unspecified atom stereocenters. The zero-order valence-electron chi connectivity index (χ0n) is 15.3. The van der Waals surface area contributed by atoms with E-state index in [0.717, 1.165) is 38.8 Å². The van der Waals surface area contributed by atoms with Crippen molar-refractivity contribution in [2.45, 2.75) is 52.1 Å². The molecular formula is C19H27N3O3. The van der Waals surface area contributed by atoms with Crippen LogP contribution < -0.4 is 4.74 Å². The van der Waals surface area contributed by atoms with Crippen molar-refractivity contribution in [2.24, 2.45) is 5.92 Å². The van der Waals surface area contributed by atoms with Gasteiger partial charge in [-0.1, -0.05) is 0 Å². The minimum atomic E-state index is -0.456. The summed E-state index contributed by atoms with van der Waals surface area (Å²) in [5, 5.41) is 8.87. The zero-order chi connectivity index (χ0) is 18.3. The molecule has 1 saturated heterocycles. The van der Waals surface area contributed by atoms with Crippen LogP contribution in [0, 0.1) is 17.2 Å². The first kappa shape index (κ1) is 19.0. The van der Waals surface area contributed by atoms with Crippen LogP contribution in [0.4, 0.5) is 4.79 Å². The number of nitriles is 1. The molecule has 2 heterocycles. The number of carbonyl (C=O) groups excluding carboxylic acids is 1. The summed E-state index contributed by atoms with van der Waals surface area (Å²) in [5.74, 6) is 0.960. The summed E-state index contributed by atoms with van der Waals surface area (Å²) in [4.78, 5) is 18.1. The Hall–Kier alpha value is -2.29. The first-order valence-corrected chi connectivity index (χ1v) is 8.84. The Morgan fingerprint density at radius 3 is 3.00 bits per heavy atom. The fraction of sp³-hybridized carbons (Fsp3) is 0.632. The van der Waals surface area contributed by atoms with Gasteiger partial charge in [-0.3, -0.25) is 0 Å². The Morgan fingerprint density at radius 2 is 2.28 bits per heavy atom. The van der Waals surface area contributed by atoms with Gasteiger partial charge in [0.2, 0.25) is 5.88 Å². The van der Waals surface area contributed by atoms with Crippen LogP contribution in [0.5, 0.6) is 5.88 Å². The fourth-order valence-corrected chi connectivity index (χ4v) is 2.90. The van der Waals surface area contributed by atoms with Crippen LogP contribution in [-0.4, -0.2) is 41.3 Å². The fourth-order valence-electron chi connectivity index (χ4n) is 2.90. The van der Waals surface area contributed by atoms with Gasteiger partial charge >= 0.3 is 6.09 Å². The van der Waals surface area contributed by atoms with E-state index in [9.17, 15) is 4.79 Å². The van der Waals surface area contributed by atoms with E-state index < -0.39 is 5.60 Å². The molecule has 1 fully saturated rings. The molecular weight excluding hydrogens is 318 g/mol. The third kappa shape index (κ3) is 6.61. The van der Waals surface area contributed by atoms with Gasteiger partial charge in [0, 0.05) is 25.4 Å². The number of amides is 1. The van der Waals surface area contributed by atoms with Crippen LogP contribution in [0.2, 0.25) is 0 Å². The van der Waals surface area contributed by atoms with Gasteiger partial charge < -0.3 is 14.4 Å². The summed E-state index contributed by atoms with van der Waals surface area (Å²) in [5.41, 5.74) is 0.0910. The molecule has 0 radical (unpaired) electrons. The van der Waals surface area contributed by atoms with Crippen LogP contribution in [0.25, 0.3) is 0 Å². The molecule has 2 rings (SSSR count). The normalized spacial score (nSPS) is 17.7. The molecule has 25 heavy (non-hydrogen) atoms. The lowest BCUT2D eigenvalue weighted by molar-refractivity contribution is 0.0159. The number of pyridine rings is 1. The minimum Gasteiger partial charge on any atom is -0.478 e. The number of piperidine rings is 1. The molecule has 6 nitrogen and oxygen atoms in total. The maximum atomic E-state index is 12.2. The molecule has 1 aromatic heterocycles. The highest BCUT2D eigenvalue weighted by Crippen LogP contribution is 2.23. The van der Waals surface area contributed by atoms with Gasteiger partial charge in [-0.05, 0) is 58.4 Å². The van der Waals surface area contributed by atoms with E-state index in [1.807, 2.05) is 25.7 Å². The summed E-state index contributed by atoms with van der Waals surface area (Å²) in [7, 11) is 0. The van der Waals surface area contributed by atoms with Crippen LogP contribution >= 0.6 is 0 Å². The second-order valence-corrected chi connectivity index (χ2v) is 7.42. The highest BCUT2D eigenvalue weighted by atomic mass is 16.6. The standard InChI is InChI=1S/C19H27N3O3/c1-19(2,3)25-18(23)22-10-4-6-15(14-22)7-5-11-24-17-12-16(13-20)8-9-21-17/h8-9,12,15H,4-7,10-11,14H2,1-3H3/t15-/m1/s1. The molecule has 1 aromatic rings. The molecule has 0 spiro atoms. The average molecular weight is 345 g/mol. The Labute approximate surface area is 149 Å². The smallest absolute Gasteiger partial charge is 0.410 e. The predicted octanol–water partition coefficient (Wildman–Crippen LogP) is 3.76. The van der Waals surface area contributed by atoms with Gasteiger partial charge in [-0.15, -0.1) is 0 Å². The van der Waals surface area contributed by atoms with Crippen molar-refractivity contribution < 1.29 is 14.3 Å². The molecule has 0 N–H and O–H groups in total. The molecule has 1 aliphatic rings. The Bertz CT molecular complexity index is 619. The van der Waals surface area contributed by atoms with Gasteiger partial charge in [0.1, 0.15) is 5.60 Å². The van der Waals surface area contributed by atoms with Crippen LogP contribution in [0.1, 0.15) is 52.0 Å². The molecule has 1 atom stereocenters. The third-order valence-electron chi connectivity index (χ3n) is 4.04. The van der Waals surface area contributed by atoms with Crippen molar-refractivity contribution in [2.75, 3.05) is 19.7 Å². The number of likely N-dealkylation sites (tertiary alicyclic amines) is 1. The van der Waals surface area contributed by atoms with Gasteiger partial charge in [0.25, 0.3) is 0 Å². The van der Waals surface area contributed by atoms with Gasteiger partial charge in [0.15, 0.2) is 0 Å². The summed E-state index contributed by atoms with van der Waals surface area (Å²) < 4.78 is 11.1.